The Hall–Kier alpha value is -2.10. The van der Waals surface area contributed by atoms with Crippen LogP contribution in [0.1, 0.15) is 19.4 Å². The van der Waals surface area contributed by atoms with Gasteiger partial charge in [0.25, 0.3) is 0 Å². The highest BCUT2D eigenvalue weighted by Crippen LogP contribution is 2.33. The normalized spacial score (nSPS) is 10.9. The molecule has 0 fully saturated rings. The lowest BCUT2D eigenvalue weighted by Crippen LogP contribution is -2.33. The molecule has 4 heteroatoms. The predicted octanol–water partition coefficient (Wildman–Crippen LogP) is 6.26. The molecule has 128 valence electrons. The number of rotatable bonds is 5. The predicted molar refractivity (Wildman–Crippen MR) is 107 cm³/mol. The molecule has 0 atom stereocenters. The lowest BCUT2D eigenvalue weighted by molar-refractivity contribution is -0.121. The maximum absolute atomic E-state index is 12.8. The Morgan fingerprint density at radius 2 is 1.76 bits per heavy atom. The smallest absolute Gasteiger partial charge is 0.229 e. The van der Waals surface area contributed by atoms with Crippen molar-refractivity contribution in [1.29, 1.82) is 0 Å². The van der Waals surface area contributed by atoms with E-state index in [-0.39, 0.29) is 11.8 Å². The monoisotopic (exact) mass is 369 g/mol. The van der Waals surface area contributed by atoms with Crippen LogP contribution in [0.25, 0.3) is 10.4 Å². The van der Waals surface area contributed by atoms with E-state index >= 15 is 0 Å². The maximum atomic E-state index is 12.8. The Labute approximate surface area is 157 Å². The molecule has 0 saturated carbocycles. The van der Waals surface area contributed by atoms with Crippen LogP contribution < -0.4 is 4.90 Å². The molecule has 0 aliphatic carbocycles. The van der Waals surface area contributed by atoms with Gasteiger partial charge in [0, 0.05) is 21.2 Å². The van der Waals surface area contributed by atoms with E-state index in [1.165, 1.54) is 0 Å². The molecular formula is C21H20ClNOS. The first-order valence-electron chi connectivity index (χ1n) is 8.25. The van der Waals surface area contributed by atoms with Gasteiger partial charge in [0.2, 0.25) is 5.91 Å². The standard InChI is InChI=1S/C21H20ClNOS/c1-15(2)21(24)23(13-17-10-6-7-11-19(17)22)18-12-20(25-14-18)16-8-4-3-5-9-16/h3-12,14-15H,13H2,1-2H3. The summed E-state index contributed by atoms with van der Waals surface area (Å²) in [6.07, 6.45) is 0. The van der Waals surface area contributed by atoms with E-state index in [2.05, 4.69) is 18.2 Å². The molecule has 1 heterocycles. The summed E-state index contributed by atoms with van der Waals surface area (Å²) in [4.78, 5) is 15.8. The van der Waals surface area contributed by atoms with E-state index in [1.54, 1.807) is 11.3 Å². The van der Waals surface area contributed by atoms with E-state index in [4.69, 9.17) is 11.6 Å². The maximum Gasteiger partial charge on any atom is 0.229 e. The number of benzene rings is 2. The molecule has 0 spiro atoms. The van der Waals surface area contributed by atoms with Gasteiger partial charge in [0.15, 0.2) is 0 Å². The van der Waals surface area contributed by atoms with Crippen molar-refractivity contribution < 1.29 is 4.79 Å². The highest BCUT2D eigenvalue weighted by Gasteiger charge is 2.21. The highest BCUT2D eigenvalue weighted by atomic mass is 35.5. The number of hydrogen-bond acceptors (Lipinski definition) is 2. The molecule has 0 saturated heterocycles. The molecule has 0 radical (unpaired) electrons. The van der Waals surface area contributed by atoms with Gasteiger partial charge in [0.05, 0.1) is 12.2 Å². The van der Waals surface area contributed by atoms with Crippen LogP contribution >= 0.6 is 22.9 Å². The third-order valence-corrected chi connectivity index (χ3v) is 5.34. The third-order valence-electron chi connectivity index (χ3n) is 4.00. The largest absolute Gasteiger partial charge is 0.307 e. The Kier molecular flexibility index (Phi) is 5.57. The number of hydrogen-bond donors (Lipinski definition) is 0. The minimum absolute atomic E-state index is 0.0810. The zero-order valence-electron chi connectivity index (χ0n) is 14.3. The number of thiophene rings is 1. The van der Waals surface area contributed by atoms with Crippen LogP contribution in [0.15, 0.2) is 66.0 Å². The van der Waals surface area contributed by atoms with Crippen molar-refractivity contribution in [2.24, 2.45) is 5.92 Å². The summed E-state index contributed by atoms with van der Waals surface area (Å²) in [6, 6.07) is 20.0. The fraction of sp³-hybridized carbons (Fsp3) is 0.190. The fourth-order valence-corrected chi connectivity index (χ4v) is 3.73. The van der Waals surface area contributed by atoms with Gasteiger partial charge in [-0.25, -0.2) is 0 Å². The Balaban J connectivity index is 1.94. The minimum Gasteiger partial charge on any atom is -0.307 e. The molecule has 1 amide bonds. The molecule has 0 aliphatic heterocycles. The fourth-order valence-electron chi connectivity index (χ4n) is 2.63. The summed E-state index contributed by atoms with van der Waals surface area (Å²) < 4.78 is 0. The topological polar surface area (TPSA) is 20.3 Å². The molecule has 2 nitrogen and oxygen atoms in total. The van der Waals surface area contributed by atoms with Crippen molar-refractivity contribution in [3.05, 3.63) is 76.6 Å². The Morgan fingerprint density at radius 1 is 1.08 bits per heavy atom. The van der Waals surface area contributed by atoms with Crippen LogP contribution in [-0.2, 0) is 11.3 Å². The van der Waals surface area contributed by atoms with Crippen molar-refractivity contribution in [2.45, 2.75) is 20.4 Å². The van der Waals surface area contributed by atoms with Crippen LogP contribution in [0, 0.1) is 5.92 Å². The van der Waals surface area contributed by atoms with Crippen LogP contribution in [0.3, 0.4) is 0 Å². The minimum atomic E-state index is -0.0810. The first-order valence-corrected chi connectivity index (χ1v) is 9.50. The highest BCUT2D eigenvalue weighted by molar-refractivity contribution is 7.14. The summed E-state index contributed by atoms with van der Waals surface area (Å²) in [5, 5.41) is 2.72. The van der Waals surface area contributed by atoms with Crippen LogP contribution in [0.2, 0.25) is 5.02 Å². The van der Waals surface area contributed by atoms with E-state index in [9.17, 15) is 4.79 Å². The SMILES string of the molecule is CC(C)C(=O)N(Cc1ccccc1Cl)c1csc(-c2ccccc2)c1. The summed E-state index contributed by atoms with van der Waals surface area (Å²) in [5.74, 6) is 0.0138. The summed E-state index contributed by atoms with van der Waals surface area (Å²) in [7, 11) is 0. The number of carbonyl (C=O) groups is 1. The van der Waals surface area contributed by atoms with Gasteiger partial charge >= 0.3 is 0 Å². The van der Waals surface area contributed by atoms with Crippen molar-refractivity contribution >= 4 is 34.5 Å². The zero-order chi connectivity index (χ0) is 17.8. The molecule has 25 heavy (non-hydrogen) atoms. The number of nitrogens with zero attached hydrogens (tertiary/aromatic N) is 1. The first-order chi connectivity index (χ1) is 12.1. The molecule has 0 bridgehead atoms. The number of anilines is 1. The second-order valence-electron chi connectivity index (χ2n) is 6.21. The molecule has 3 rings (SSSR count). The Morgan fingerprint density at radius 3 is 2.44 bits per heavy atom. The summed E-state index contributed by atoms with van der Waals surface area (Å²) in [6.45, 7) is 4.32. The van der Waals surface area contributed by atoms with Gasteiger partial charge < -0.3 is 4.90 Å². The number of amides is 1. The average Bonchev–Trinajstić information content (AvgIpc) is 3.11. The van der Waals surface area contributed by atoms with Crippen molar-refractivity contribution in [3.63, 3.8) is 0 Å². The van der Waals surface area contributed by atoms with E-state index in [0.717, 1.165) is 21.7 Å². The first kappa shape index (κ1) is 17.7. The van der Waals surface area contributed by atoms with Crippen molar-refractivity contribution in [1.82, 2.24) is 0 Å². The van der Waals surface area contributed by atoms with Crippen LogP contribution in [-0.4, -0.2) is 5.91 Å². The molecule has 3 aromatic rings. The van der Waals surface area contributed by atoms with Gasteiger partial charge in [-0.2, -0.15) is 0 Å². The lowest BCUT2D eigenvalue weighted by atomic mass is 10.1. The molecule has 1 aromatic heterocycles. The van der Waals surface area contributed by atoms with E-state index in [0.29, 0.717) is 11.6 Å². The molecular weight excluding hydrogens is 350 g/mol. The van der Waals surface area contributed by atoms with Crippen LogP contribution in [0.4, 0.5) is 5.69 Å². The van der Waals surface area contributed by atoms with Gasteiger partial charge in [-0.15, -0.1) is 11.3 Å². The third kappa shape index (κ3) is 4.12. The second kappa shape index (κ2) is 7.85. The quantitative estimate of drug-likeness (QED) is 0.520. The van der Waals surface area contributed by atoms with Gasteiger partial charge in [-0.05, 0) is 23.3 Å². The van der Waals surface area contributed by atoms with Crippen molar-refractivity contribution in [3.8, 4) is 10.4 Å². The second-order valence-corrected chi connectivity index (χ2v) is 7.52. The summed E-state index contributed by atoms with van der Waals surface area (Å²) >= 11 is 7.95. The average molecular weight is 370 g/mol. The molecule has 0 aliphatic rings. The number of carbonyl (C=O) groups excluding carboxylic acids is 1. The van der Waals surface area contributed by atoms with Crippen molar-refractivity contribution in [2.75, 3.05) is 4.90 Å². The van der Waals surface area contributed by atoms with E-state index < -0.39 is 0 Å². The Bertz CT molecular complexity index is 857. The van der Waals surface area contributed by atoms with E-state index in [1.807, 2.05) is 66.6 Å². The molecule has 0 unspecified atom stereocenters. The number of halogens is 1. The van der Waals surface area contributed by atoms with Gasteiger partial charge in [-0.1, -0.05) is 74.0 Å². The van der Waals surface area contributed by atoms with Gasteiger partial charge in [-0.3, -0.25) is 4.79 Å². The van der Waals surface area contributed by atoms with Gasteiger partial charge in [0.1, 0.15) is 0 Å². The lowest BCUT2D eigenvalue weighted by Gasteiger charge is -2.24. The van der Waals surface area contributed by atoms with Crippen LogP contribution in [0.5, 0.6) is 0 Å². The molecule has 2 aromatic carbocycles. The summed E-state index contributed by atoms with van der Waals surface area (Å²) in [5.41, 5.74) is 3.03. The molecule has 0 N–H and O–H groups in total. The zero-order valence-corrected chi connectivity index (χ0v) is 15.8.